The molecule has 152 valence electrons. The van der Waals surface area contributed by atoms with E-state index in [2.05, 4.69) is 10.9 Å². The molecule has 9 nitrogen and oxygen atoms in total. The summed E-state index contributed by atoms with van der Waals surface area (Å²) in [7, 11) is 0. The number of benzene rings is 1. The average molecular weight is 399 g/mol. The first-order chi connectivity index (χ1) is 14.0. The molecule has 1 aliphatic carbocycles. The lowest BCUT2D eigenvalue weighted by Gasteiger charge is -2.14. The van der Waals surface area contributed by atoms with Crippen molar-refractivity contribution in [3.8, 4) is 0 Å². The van der Waals surface area contributed by atoms with Gasteiger partial charge >= 0.3 is 5.97 Å². The zero-order chi connectivity index (χ0) is 20.8. The van der Waals surface area contributed by atoms with E-state index in [0.29, 0.717) is 18.4 Å². The maximum Gasteiger partial charge on any atom is 0.308 e. The van der Waals surface area contributed by atoms with Crippen molar-refractivity contribution in [2.75, 3.05) is 13.2 Å². The van der Waals surface area contributed by atoms with Crippen molar-refractivity contribution in [2.24, 2.45) is 11.8 Å². The van der Waals surface area contributed by atoms with E-state index >= 15 is 0 Å². The molecule has 2 aliphatic rings. The Morgan fingerprint density at radius 3 is 2.21 bits per heavy atom. The van der Waals surface area contributed by atoms with E-state index in [-0.39, 0.29) is 36.6 Å². The summed E-state index contributed by atoms with van der Waals surface area (Å²) < 4.78 is 4.83. The van der Waals surface area contributed by atoms with Gasteiger partial charge in [-0.1, -0.05) is 30.4 Å². The first-order valence-corrected chi connectivity index (χ1v) is 9.27. The molecule has 0 radical (unpaired) electrons. The minimum absolute atomic E-state index is 0.0735. The van der Waals surface area contributed by atoms with Gasteiger partial charge in [-0.3, -0.25) is 39.7 Å². The molecule has 1 saturated heterocycles. The van der Waals surface area contributed by atoms with Crippen LogP contribution in [0.5, 0.6) is 0 Å². The van der Waals surface area contributed by atoms with Crippen LogP contribution < -0.4 is 10.9 Å². The molecule has 0 bridgehead atoms. The number of carbonyl (C=O) groups excluding carboxylic acids is 5. The molecule has 29 heavy (non-hydrogen) atoms. The van der Waals surface area contributed by atoms with Crippen molar-refractivity contribution >= 4 is 29.6 Å². The Morgan fingerprint density at radius 2 is 1.59 bits per heavy atom. The monoisotopic (exact) mass is 399 g/mol. The third-order valence-corrected chi connectivity index (χ3v) is 4.85. The number of esters is 1. The number of allylic oxidation sites excluding steroid dienone is 2. The lowest BCUT2D eigenvalue weighted by Crippen LogP contribution is -2.43. The Bertz CT molecular complexity index is 825. The lowest BCUT2D eigenvalue weighted by molar-refractivity contribution is -0.150. The van der Waals surface area contributed by atoms with Gasteiger partial charge in [0.25, 0.3) is 11.8 Å². The van der Waals surface area contributed by atoms with E-state index in [1.54, 1.807) is 30.3 Å². The van der Waals surface area contributed by atoms with Crippen LogP contribution in [0.4, 0.5) is 0 Å². The number of carbonyl (C=O) groups is 5. The van der Waals surface area contributed by atoms with Crippen molar-refractivity contribution in [1.29, 1.82) is 0 Å². The SMILES string of the molecule is O=C(COC(=O)CCN1C(=O)[C@@H]2CC=CC[C@H]2C1=O)NNC(=O)c1ccccc1. The van der Waals surface area contributed by atoms with Crippen LogP contribution in [-0.2, 0) is 23.9 Å². The van der Waals surface area contributed by atoms with Crippen molar-refractivity contribution in [3.63, 3.8) is 0 Å². The van der Waals surface area contributed by atoms with Crippen molar-refractivity contribution in [3.05, 3.63) is 48.0 Å². The predicted octanol–water partition coefficient (Wildman–Crippen LogP) is 0.332. The molecule has 1 aliphatic heterocycles. The molecule has 2 N–H and O–H groups in total. The zero-order valence-electron chi connectivity index (χ0n) is 15.6. The summed E-state index contributed by atoms with van der Waals surface area (Å²) in [6, 6.07) is 8.27. The molecule has 1 fully saturated rings. The van der Waals surface area contributed by atoms with Gasteiger partial charge in [0.05, 0.1) is 18.3 Å². The topological polar surface area (TPSA) is 122 Å². The molecule has 0 unspecified atom stereocenters. The van der Waals surface area contributed by atoms with Crippen LogP contribution in [0.2, 0.25) is 0 Å². The molecular weight excluding hydrogens is 378 g/mol. The van der Waals surface area contributed by atoms with Gasteiger partial charge < -0.3 is 4.74 Å². The van der Waals surface area contributed by atoms with Crippen LogP contribution in [0.3, 0.4) is 0 Å². The summed E-state index contributed by atoms with van der Waals surface area (Å²) >= 11 is 0. The fourth-order valence-corrected chi connectivity index (χ4v) is 3.33. The normalized spacial score (nSPS) is 20.2. The number of imide groups is 1. The second-order valence-corrected chi connectivity index (χ2v) is 6.76. The van der Waals surface area contributed by atoms with Crippen molar-refractivity contribution in [1.82, 2.24) is 15.8 Å². The second kappa shape index (κ2) is 9.13. The number of fused-ring (bicyclic) bond motifs is 1. The van der Waals surface area contributed by atoms with Crippen LogP contribution in [0, 0.1) is 11.8 Å². The Balaban J connectivity index is 1.37. The molecule has 0 aromatic heterocycles. The zero-order valence-corrected chi connectivity index (χ0v) is 15.6. The molecule has 1 aromatic carbocycles. The fourth-order valence-electron chi connectivity index (χ4n) is 3.33. The lowest BCUT2D eigenvalue weighted by atomic mass is 9.85. The Labute approximate surface area is 167 Å². The number of nitrogens with zero attached hydrogens (tertiary/aromatic N) is 1. The Kier molecular flexibility index (Phi) is 6.38. The standard InChI is InChI=1S/C20H21N3O6/c24-16(21-22-18(26)13-6-2-1-3-7-13)12-29-17(25)10-11-23-19(27)14-8-4-5-9-15(14)20(23)28/h1-7,14-15H,8-12H2,(H,21,24)(H,22,26)/t14-,15-/m1/s1. The van der Waals surface area contributed by atoms with E-state index < -0.39 is 24.4 Å². The molecule has 1 aromatic rings. The minimum Gasteiger partial charge on any atom is -0.455 e. The van der Waals surface area contributed by atoms with Gasteiger partial charge in [-0.2, -0.15) is 0 Å². The van der Waals surface area contributed by atoms with Gasteiger partial charge in [-0.05, 0) is 25.0 Å². The van der Waals surface area contributed by atoms with Crippen LogP contribution >= 0.6 is 0 Å². The maximum absolute atomic E-state index is 12.3. The predicted molar refractivity (Wildman–Crippen MR) is 99.7 cm³/mol. The van der Waals surface area contributed by atoms with Crippen LogP contribution in [0.15, 0.2) is 42.5 Å². The molecule has 1 heterocycles. The van der Waals surface area contributed by atoms with Gasteiger partial charge in [-0.15, -0.1) is 0 Å². The van der Waals surface area contributed by atoms with Gasteiger partial charge in [-0.25, -0.2) is 0 Å². The van der Waals surface area contributed by atoms with E-state index in [1.807, 2.05) is 12.2 Å². The number of hydrazine groups is 1. The first kappa shape index (κ1) is 20.2. The molecule has 0 spiro atoms. The summed E-state index contributed by atoms with van der Waals surface area (Å²) in [5, 5.41) is 0. The number of rotatable bonds is 6. The molecular formula is C20H21N3O6. The van der Waals surface area contributed by atoms with Crippen LogP contribution in [0.1, 0.15) is 29.6 Å². The average Bonchev–Trinajstić information content (AvgIpc) is 2.99. The minimum atomic E-state index is -0.719. The van der Waals surface area contributed by atoms with E-state index in [1.165, 1.54) is 0 Å². The molecule has 3 rings (SSSR count). The molecule has 0 saturated carbocycles. The first-order valence-electron chi connectivity index (χ1n) is 9.27. The summed E-state index contributed by atoms with van der Waals surface area (Å²) in [6.45, 7) is -0.666. The maximum atomic E-state index is 12.3. The number of hydrogen-bond donors (Lipinski definition) is 2. The second-order valence-electron chi connectivity index (χ2n) is 6.76. The smallest absolute Gasteiger partial charge is 0.308 e. The summed E-state index contributed by atoms with van der Waals surface area (Å²) in [4.78, 5) is 61.0. The van der Waals surface area contributed by atoms with Crippen LogP contribution in [0.25, 0.3) is 0 Å². The Hall–Kier alpha value is -3.49. The summed E-state index contributed by atoms with van der Waals surface area (Å²) in [5.41, 5.74) is 4.71. The fraction of sp³-hybridized carbons (Fsp3) is 0.350. The van der Waals surface area contributed by atoms with Gasteiger partial charge in [0.2, 0.25) is 11.8 Å². The number of ether oxygens (including phenoxy) is 1. The van der Waals surface area contributed by atoms with E-state index in [4.69, 9.17) is 4.74 Å². The highest BCUT2D eigenvalue weighted by Gasteiger charge is 2.46. The van der Waals surface area contributed by atoms with Crippen molar-refractivity contribution < 1.29 is 28.7 Å². The largest absolute Gasteiger partial charge is 0.455 e. The number of likely N-dealkylation sites (tertiary alicyclic amines) is 1. The summed E-state index contributed by atoms with van der Waals surface area (Å²) in [6.07, 6.45) is 4.64. The highest BCUT2D eigenvalue weighted by atomic mass is 16.5. The van der Waals surface area contributed by atoms with Crippen molar-refractivity contribution in [2.45, 2.75) is 19.3 Å². The van der Waals surface area contributed by atoms with Gasteiger partial charge in [0, 0.05) is 12.1 Å². The third-order valence-electron chi connectivity index (χ3n) is 4.85. The number of nitrogens with one attached hydrogen (secondary N) is 2. The van der Waals surface area contributed by atoms with Gasteiger partial charge in [0.15, 0.2) is 6.61 Å². The van der Waals surface area contributed by atoms with Gasteiger partial charge in [0.1, 0.15) is 0 Å². The summed E-state index contributed by atoms with van der Waals surface area (Å²) in [5.74, 6) is -3.16. The van der Waals surface area contributed by atoms with Crippen LogP contribution in [-0.4, -0.2) is 47.6 Å². The van der Waals surface area contributed by atoms with E-state index in [9.17, 15) is 24.0 Å². The third kappa shape index (κ3) is 4.87. The quantitative estimate of drug-likeness (QED) is 0.308. The number of amides is 4. The van der Waals surface area contributed by atoms with E-state index in [0.717, 1.165) is 4.90 Å². The Morgan fingerprint density at radius 1 is 0.966 bits per heavy atom. The number of hydrogen-bond acceptors (Lipinski definition) is 6. The molecule has 2 atom stereocenters. The highest BCUT2D eigenvalue weighted by molar-refractivity contribution is 6.05. The highest BCUT2D eigenvalue weighted by Crippen LogP contribution is 2.34. The molecule has 9 heteroatoms. The molecule has 4 amide bonds.